The zero-order valence-electron chi connectivity index (χ0n) is 19.3. The highest BCUT2D eigenvalue weighted by Gasteiger charge is 2.34. The molecule has 1 atom stereocenters. The lowest BCUT2D eigenvalue weighted by atomic mass is 10.1. The van der Waals surface area contributed by atoms with Crippen molar-refractivity contribution >= 4 is 43.0 Å². The van der Waals surface area contributed by atoms with Gasteiger partial charge in [-0.3, -0.25) is 13.8 Å². The minimum absolute atomic E-state index is 0.0276. The number of anilines is 3. The lowest BCUT2D eigenvalue weighted by Gasteiger charge is -2.33. The van der Waals surface area contributed by atoms with E-state index in [4.69, 9.17) is 4.74 Å². The van der Waals surface area contributed by atoms with Gasteiger partial charge >= 0.3 is 0 Å². The first-order valence-corrected chi connectivity index (χ1v) is 14.0. The van der Waals surface area contributed by atoms with Crippen LogP contribution in [0.25, 0.3) is 0 Å². The number of nitrogens with zero attached hydrogens (tertiary/aromatic N) is 1. The van der Waals surface area contributed by atoms with E-state index in [9.17, 15) is 21.6 Å². The number of sulfonamides is 2. The Kier molecular flexibility index (Phi) is 6.48. The van der Waals surface area contributed by atoms with Gasteiger partial charge in [-0.2, -0.15) is 0 Å². The molecule has 1 aliphatic rings. The first-order valence-electron chi connectivity index (χ1n) is 10.7. The third-order valence-electron chi connectivity index (χ3n) is 5.62. The molecule has 0 saturated heterocycles. The maximum absolute atomic E-state index is 12.8. The topological polar surface area (TPSA) is 122 Å². The average molecular weight is 516 g/mol. The van der Waals surface area contributed by atoms with Crippen LogP contribution >= 0.6 is 0 Å². The van der Waals surface area contributed by atoms with E-state index in [-0.39, 0.29) is 17.2 Å². The third-order valence-corrected chi connectivity index (χ3v) is 8.16. The molecule has 35 heavy (non-hydrogen) atoms. The first-order chi connectivity index (χ1) is 16.4. The second-order valence-corrected chi connectivity index (χ2v) is 11.9. The van der Waals surface area contributed by atoms with E-state index in [0.717, 1.165) is 21.7 Å². The summed E-state index contributed by atoms with van der Waals surface area (Å²) in [5, 5.41) is 2.66. The summed E-state index contributed by atoms with van der Waals surface area (Å²) >= 11 is 0. The molecule has 0 aliphatic carbocycles. The highest BCUT2D eigenvalue weighted by Crippen LogP contribution is 2.34. The number of aryl methyl sites for hydroxylation is 2. The third kappa shape index (κ3) is 5.41. The van der Waals surface area contributed by atoms with Gasteiger partial charge in [-0.25, -0.2) is 16.8 Å². The molecule has 0 fully saturated rings. The first kappa shape index (κ1) is 24.6. The van der Waals surface area contributed by atoms with Crippen molar-refractivity contribution in [2.75, 3.05) is 27.1 Å². The van der Waals surface area contributed by atoms with Gasteiger partial charge < -0.3 is 10.1 Å². The normalized spacial score (nSPS) is 15.6. The van der Waals surface area contributed by atoms with Crippen LogP contribution in [0.1, 0.15) is 11.1 Å². The van der Waals surface area contributed by atoms with Crippen molar-refractivity contribution in [2.45, 2.75) is 24.8 Å². The van der Waals surface area contributed by atoms with E-state index < -0.39 is 32.1 Å². The van der Waals surface area contributed by atoms with Crippen LogP contribution in [0.5, 0.6) is 5.75 Å². The summed E-state index contributed by atoms with van der Waals surface area (Å²) < 4.78 is 59.4. The fourth-order valence-corrected chi connectivity index (χ4v) is 5.58. The maximum atomic E-state index is 12.8. The number of fused-ring (bicyclic) bond motifs is 1. The molecule has 3 aromatic rings. The maximum Gasteiger partial charge on any atom is 0.267 e. The summed E-state index contributed by atoms with van der Waals surface area (Å²) in [6.07, 6.45) is -0.0238. The molecule has 9 nitrogen and oxygen atoms in total. The van der Waals surface area contributed by atoms with Crippen LogP contribution in [0.4, 0.5) is 17.1 Å². The van der Waals surface area contributed by atoms with Crippen LogP contribution in [0, 0.1) is 13.8 Å². The minimum Gasteiger partial charge on any atom is -0.476 e. The molecule has 2 N–H and O–H groups in total. The number of amides is 1. The number of ether oxygens (including phenoxy) is 1. The predicted molar refractivity (Wildman–Crippen MR) is 135 cm³/mol. The molecule has 1 heterocycles. The Labute approximate surface area is 204 Å². The number of hydrogen-bond donors (Lipinski definition) is 2. The SMILES string of the molecule is Cc1ccc(NS(=O)(=O)c2ccc(NC(=O)C3CN(S(C)(=O)=O)c4ccccc4O3)cc2)cc1C. The number of benzene rings is 3. The van der Waals surface area contributed by atoms with E-state index in [2.05, 4.69) is 10.0 Å². The molecule has 0 bridgehead atoms. The fraction of sp³-hybridized carbons (Fsp3) is 0.208. The lowest BCUT2D eigenvalue weighted by Crippen LogP contribution is -2.48. The molecular weight excluding hydrogens is 490 g/mol. The van der Waals surface area contributed by atoms with Gasteiger partial charge in [0.15, 0.2) is 6.10 Å². The lowest BCUT2D eigenvalue weighted by molar-refractivity contribution is -0.122. The number of para-hydroxylation sites is 2. The summed E-state index contributed by atoms with van der Waals surface area (Å²) in [6.45, 7) is 3.65. The van der Waals surface area contributed by atoms with Gasteiger partial charge in [0.2, 0.25) is 10.0 Å². The number of carbonyl (C=O) groups excluding carboxylic acids is 1. The molecule has 4 rings (SSSR count). The van der Waals surface area contributed by atoms with E-state index in [1.54, 1.807) is 36.4 Å². The predicted octanol–water partition coefficient (Wildman–Crippen LogP) is 3.27. The highest BCUT2D eigenvalue weighted by atomic mass is 32.2. The molecule has 0 aromatic heterocycles. The Morgan fingerprint density at radius 1 is 0.914 bits per heavy atom. The van der Waals surface area contributed by atoms with Crippen molar-refractivity contribution in [3.63, 3.8) is 0 Å². The van der Waals surface area contributed by atoms with Gasteiger partial charge in [0.05, 0.1) is 23.4 Å². The Morgan fingerprint density at radius 3 is 2.23 bits per heavy atom. The largest absolute Gasteiger partial charge is 0.476 e. The summed E-state index contributed by atoms with van der Waals surface area (Å²) in [6, 6.07) is 17.5. The van der Waals surface area contributed by atoms with Gasteiger partial charge in [0, 0.05) is 11.4 Å². The van der Waals surface area contributed by atoms with E-state index in [1.165, 1.54) is 24.3 Å². The number of carbonyl (C=O) groups is 1. The van der Waals surface area contributed by atoms with Crippen molar-refractivity contribution in [1.82, 2.24) is 0 Å². The molecule has 0 radical (unpaired) electrons. The van der Waals surface area contributed by atoms with Gasteiger partial charge in [-0.05, 0) is 73.5 Å². The molecule has 3 aromatic carbocycles. The van der Waals surface area contributed by atoms with Crippen molar-refractivity contribution in [2.24, 2.45) is 0 Å². The highest BCUT2D eigenvalue weighted by molar-refractivity contribution is 7.92. The Balaban J connectivity index is 1.47. The molecule has 11 heteroatoms. The van der Waals surface area contributed by atoms with Crippen LogP contribution in [0.15, 0.2) is 71.6 Å². The second kappa shape index (κ2) is 9.23. The molecule has 1 aliphatic heterocycles. The van der Waals surface area contributed by atoms with Crippen molar-refractivity contribution < 1.29 is 26.4 Å². The molecule has 1 unspecified atom stereocenters. The van der Waals surface area contributed by atoms with E-state index in [0.29, 0.717) is 17.1 Å². The second-order valence-electron chi connectivity index (χ2n) is 8.29. The average Bonchev–Trinajstić information content (AvgIpc) is 2.80. The Bertz CT molecular complexity index is 1490. The molecule has 1 amide bonds. The van der Waals surface area contributed by atoms with Crippen molar-refractivity contribution in [3.8, 4) is 5.75 Å². The number of nitrogens with one attached hydrogen (secondary N) is 2. The Hall–Kier alpha value is -3.57. The molecule has 0 saturated carbocycles. The van der Waals surface area contributed by atoms with Crippen LogP contribution < -0.4 is 19.1 Å². The van der Waals surface area contributed by atoms with Crippen molar-refractivity contribution in [3.05, 3.63) is 77.9 Å². The number of rotatable bonds is 6. The minimum atomic E-state index is -3.83. The Morgan fingerprint density at radius 2 is 1.57 bits per heavy atom. The molecule has 0 spiro atoms. The zero-order chi connectivity index (χ0) is 25.4. The van der Waals surface area contributed by atoms with Crippen LogP contribution in [-0.4, -0.2) is 41.6 Å². The van der Waals surface area contributed by atoms with Crippen LogP contribution in [0.3, 0.4) is 0 Å². The van der Waals surface area contributed by atoms with Crippen LogP contribution in [-0.2, 0) is 24.8 Å². The van der Waals surface area contributed by atoms with Gasteiger partial charge in [-0.15, -0.1) is 0 Å². The summed E-state index contributed by atoms with van der Waals surface area (Å²) in [5.74, 6) is -0.278. The quantitative estimate of drug-likeness (QED) is 0.520. The fourth-order valence-electron chi connectivity index (χ4n) is 3.61. The van der Waals surface area contributed by atoms with Crippen LogP contribution in [0.2, 0.25) is 0 Å². The van der Waals surface area contributed by atoms with Crippen molar-refractivity contribution in [1.29, 1.82) is 0 Å². The van der Waals surface area contributed by atoms with Gasteiger partial charge in [0.1, 0.15) is 5.75 Å². The zero-order valence-corrected chi connectivity index (χ0v) is 21.0. The smallest absolute Gasteiger partial charge is 0.267 e. The standard InChI is InChI=1S/C24H25N3O6S2/c1-16-8-9-19(14-17(16)2)26-35(31,32)20-12-10-18(11-13-20)25-24(28)23-15-27(34(3,29)30)21-6-4-5-7-22(21)33-23/h4-14,23,26H,15H2,1-3H3,(H,25,28). The van der Waals surface area contributed by atoms with Gasteiger partial charge in [-0.1, -0.05) is 18.2 Å². The molecule has 184 valence electrons. The monoisotopic (exact) mass is 515 g/mol. The molecular formula is C24H25N3O6S2. The summed E-state index contributed by atoms with van der Waals surface area (Å²) in [7, 11) is -7.46. The summed E-state index contributed by atoms with van der Waals surface area (Å²) in [4.78, 5) is 12.9. The van der Waals surface area contributed by atoms with Gasteiger partial charge in [0.25, 0.3) is 15.9 Å². The van der Waals surface area contributed by atoms with E-state index >= 15 is 0 Å². The van der Waals surface area contributed by atoms with E-state index in [1.807, 2.05) is 19.9 Å². The summed E-state index contributed by atoms with van der Waals surface area (Å²) in [5.41, 5.74) is 3.18. The number of hydrogen-bond acceptors (Lipinski definition) is 6.